The lowest BCUT2D eigenvalue weighted by molar-refractivity contribution is 0.0576. The Labute approximate surface area is 142 Å². The van der Waals surface area contributed by atoms with E-state index in [0.29, 0.717) is 12.2 Å². The Morgan fingerprint density at radius 3 is 2.46 bits per heavy atom. The first-order valence-corrected chi connectivity index (χ1v) is 7.88. The zero-order valence-electron chi connectivity index (χ0n) is 14.5. The zero-order valence-corrected chi connectivity index (χ0v) is 14.5. The van der Waals surface area contributed by atoms with Crippen molar-refractivity contribution in [2.75, 3.05) is 5.32 Å². The Morgan fingerprint density at radius 1 is 1.17 bits per heavy atom. The second-order valence-electron chi connectivity index (χ2n) is 6.99. The smallest absolute Gasteiger partial charge is 0.413 e. The van der Waals surface area contributed by atoms with Crippen LogP contribution in [0.5, 0.6) is 0 Å². The van der Waals surface area contributed by atoms with Gasteiger partial charge in [0, 0.05) is 12.6 Å². The molecule has 0 spiro atoms. The van der Waals surface area contributed by atoms with Gasteiger partial charge in [0.05, 0.1) is 5.60 Å². The van der Waals surface area contributed by atoms with E-state index in [1.807, 2.05) is 36.4 Å². The number of aromatic nitrogens is 1. The monoisotopic (exact) mass is 328 g/mol. The van der Waals surface area contributed by atoms with Gasteiger partial charge in [-0.15, -0.1) is 0 Å². The Hall–Kier alpha value is -2.40. The van der Waals surface area contributed by atoms with Crippen LogP contribution in [-0.2, 0) is 16.8 Å². The molecule has 5 nitrogen and oxygen atoms in total. The largest absolute Gasteiger partial charge is 0.444 e. The molecule has 0 fully saturated rings. The van der Waals surface area contributed by atoms with Gasteiger partial charge in [-0.25, -0.2) is 9.78 Å². The van der Waals surface area contributed by atoms with Crippen molar-refractivity contribution in [1.29, 1.82) is 0 Å². The van der Waals surface area contributed by atoms with Crippen molar-refractivity contribution in [1.82, 2.24) is 4.98 Å². The van der Waals surface area contributed by atoms with E-state index in [1.165, 1.54) is 0 Å². The molecule has 2 rings (SSSR count). The Morgan fingerprint density at radius 2 is 1.83 bits per heavy atom. The van der Waals surface area contributed by atoms with Crippen molar-refractivity contribution in [3.8, 4) is 0 Å². The first kappa shape index (κ1) is 17.9. The molecule has 2 aromatic rings. The van der Waals surface area contributed by atoms with Crippen LogP contribution in [0.3, 0.4) is 0 Å². The summed E-state index contributed by atoms with van der Waals surface area (Å²) in [6.45, 7) is 7.16. The number of nitrogens with one attached hydrogen (secondary N) is 1. The third kappa shape index (κ3) is 5.35. The first-order valence-electron chi connectivity index (χ1n) is 7.88. The Kier molecular flexibility index (Phi) is 5.24. The van der Waals surface area contributed by atoms with E-state index in [4.69, 9.17) is 4.74 Å². The maximum atomic E-state index is 11.8. The summed E-state index contributed by atoms with van der Waals surface area (Å²) in [7, 11) is 0. The number of pyridine rings is 1. The van der Waals surface area contributed by atoms with Crippen LogP contribution in [0.25, 0.3) is 0 Å². The normalized spacial score (nSPS) is 13.9. The fourth-order valence-electron chi connectivity index (χ4n) is 2.36. The van der Waals surface area contributed by atoms with Crippen LogP contribution < -0.4 is 5.32 Å². The van der Waals surface area contributed by atoms with Gasteiger partial charge in [-0.05, 0) is 51.0 Å². The van der Waals surface area contributed by atoms with Crippen LogP contribution in [0.2, 0.25) is 0 Å². The number of rotatable bonds is 4. The molecule has 1 unspecified atom stereocenters. The van der Waals surface area contributed by atoms with Crippen LogP contribution in [0, 0.1) is 0 Å². The summed E-state index contributed by atoms with van der Waals surface area (Å²) in [5.41, 5.74) is 0.123. The highest BCUT2D eigenvalue weighted by atomic mass is 16.6. The number of amides is 1. The van der Waals surface area contributed by atoms with E-state index in [0.717, 1.165) is 11.1 Å². The van der Waals surface area contributed by atoms with Gasteiger partial charge in [0.25, 0.3) is 0 Å². The summed E-state index contributed by atoms with van der Waals surface area (Å²) >= 11 is 0. The van der Waals surface area contributed by atoms with Gasteiger partial charge in [0.2, 0.25) is 0 Å². The second kappa shape index (κ2) is 7.01. The minimum atomic E-state index is -1.01. The minimum absolute atomic E-state index is 0.394. The van der Waals surface area contributed by atoms with Gasteiger partial charge in [-0.3, -0.25) is 5.32 Å². The van der Waals surface area contributed by atoms with Crippen molar-refractivity contribution in [3.63, 3.8) is 0 Å². The highest BCUT2D eigenvalue weighted by molar-refractivity contribution is 5.83. The molecule has 0 saturated heterocycles. The van der Waals surface area contributed by atoms with E-state index in [1.54, 1.807) is 40.0 Å². The highest BCUT2D eigenvalue weighted by Crippen LogP contribution is 2.25. The predicted molar refractivity (Wildman–Crippen MR) is 93.8 cm³/mol. The van der Waals surface area contributed by atoms with Gasteiger partial charge in [0.1, 0.15) is 11.4 Å². The maximum absolute atomic E-state index is 11.8. The Bertz CT molecular complexity index is 691. The number of aliphatic hydroxyl groups is 1. The van der Waals surface area contributed by atoms with Gasteiger partial charge >= 0.3 is 6.09 Å². The summed E-state index contributed by atoms with van der Waals surface area (Å²) in [5, 5.41) is 13.3. The minimum Gasteiger partial charge on any atom is -0.444 e. The van der Waals surface area contributed by atoms with Gasteiger partial charge in [-0.1, -0.05) is 30.3 Å². The number of carbonyl (C=O) groups excluding carboxylic acids is 1. The summed E-state index contributed by atoms with van der Waals surface area (Å²) in [6, 6.07) is 13.0. The highest BCUT2D eigenvalue weighted by Gasteiger charge is 2.23. The van der Waals surface area contributed by atoms with Gasteiger partial charge < -0.3 is 9.84 Å². The van der Waals surface area contributed by atoms with Crippen LogP contribution >= 0.6 is 0 Å². The van der Waals surface area contributed by atoms with Gasteiger partial charge in [-0.2, -0.15) is 0 Å². The molecule has 1 heterocycles. The lowest BCUT2D eigenvalue weighted by Crippen LogP contribution is -2.27. The molecular weight excluding hydrogens is 304 g/mol. The van der Waals surface area contributed by atoms with E-state index in [2.05, 4.69) is 10.3 Å². The molecule has 1 atom stereocenters. The van der Waals surface area contributed by atoms with Crippen molar-refractivity contribution in [2.45, 2.75) is 45.3 Å². The number of ether oxygens (including phenoxy) is 1. The van der Waals surface area contributed by atoms with E-state index in [9.17, 15) is 9.90 Å². The number of anilines is 1. The fraction of sp³-hybridized carbons (Fsp3) is 0.368. The molecule has 1 amide bonds. The summed E-state index contributed by atoms with van der Waals surface area (Å²) < 4.78 is 5.21. The quantitative estimate of drug-likeness (QED) is 0.893. The molecule has 0 aliphatic heterocycles. The van der Waals surface area contributed by atoms with Crippen LogP contribution in [0.4, 0.5) is 10.6 Å². The number of hydrogen-bond acceptors (Lipinski definition) is 4. The average Bonchev–Trinajstić information content (AvgIpc) is 2.46. The molecule has 0 bridgehead atoms. The third-order valence-corrected chi connectivity index (χ3v) is 3.40. The number of hydrogen-bond donors (Lipinski definition) is 2. The maximum Gasteiger partial charge on any atom is 0.413 e. The number of benzene rings is 1. The molecule has 0 aliphatic carbocycles. The number of carbonyl (C=O) groups is 1. The molecule has 0 saturated carbocycles. The van der Waals surface area contributed by atoms with Crippen molar-refractivity contribution >= 4 is 11.9 Å². The molecule has 24 heavy (non-hydrogen) atoms. The molecule has 2 N–H and O–H groups in total. The van der Waals surface area contributed by atoms with Crippen molar-refractivity contribution < 1.29 is 14.6 Å². The van der Waals surface area contributed by atoms with E-state index >= 15 is 0 Å². The topological polar surface area (TPSA) is 71.5 Å². The van der Waals surface area contributed by atoms with Crippen LogP contribution in [0.15, 0.2) is 48.7 Å². The molecule has 1 aromatic carbocycles. The van der Waals surface area contributed by atoms with Crippen LogP contribution in [0.1, 0.15) is 38.8 Å². The van der Waals surface area contributed by atoms with Crippen LogP contribution in [-0.4, -0.2) is 21.8 Å². The SMILES string of the molecule is CC(C)(C)OC(=O)Nc1cc(CC(C)(O)c2ccccc2)ccn1. The molecule has 0 aliphatic rings. The second-order valence-corrected chi connectivity index (χ2v) is 6.99. The first-order chi connectivity index (χ1) is 11.2. The zero-order chi connectivity index (χ0) is 17.8. The molecule has 1 aromatic heterocycles. The van der Waals surface area contributed by atoms with E-state index in [-0.39, 0.29) is 0 Å². The fourth-order valence-corrected chi connectivity index (χ4v) is 2.36. The molecule has 128 valence electrons. The molecular formula is C19H24N2O3. The summed E-state index contributed by atoms with van der Waals surface area (Å²) in [5.74, 6) is 0.394. The molecule has 5 heteroatoms. The van der Waals surface area contributed by atoms with Crippen molar-refractivity contribution in [2.24, 2.45) is 0 Å². The predicted octanol–water partition coefficient (Wildman–Crippen LogP) is 3.88. The summed E-state index contributed by atoms with van der Waals surface area (Å²) in [4.78, 5) is 15.9. The third-order valence-electron chi connectivity index (χ3n) is 3.40. The molecule has 0 radical (unpaired) electrons. The summed E-state index contributed by atoms with van der Waals surface area (Å²) in [6.07, 6.45) is 1.45. The van der Waals surface area contributed by atoms with Crippen molar-refractivity contribution in [3.05, 3.63) is 59.8 Å². The average molecular weight is 328 g/mol. The number of nitrogens with zero attached hydrogens (tertiary/aromatic N) is 1. The lowest BCUT2D eigenvalue weighted by Gasteiger charge is -2.24. The standard InChI is InChI=1S/C19H24N2O3/c1-18(2,3)24-17(22)21-16-12-14(10-11-20-16)13-19(4,23)15-8-6-5-7-9-15/h5-12,23H,13H2,1-4H3,(H,20,21,22). The van der Waals surface area contributed by atoms with Gasteiger partial charge in [0.15, 0.2) is 0 Å². The lowest BCUT2D eigenvalue weighted by atomic mass is 9.89. The Balaban J connectivity index is 2.09. The van der Waals surface area contributed by atoms with E-state index < -0.39 is 17.3 Å².